The largest absolute Gasteiger partial charge is 0.462 e. The number of ether oxygens (including phenoxy) is 1. The molecule has 3 atom stereocenters. The van der Waals surface area contributed by atoms with Gasteiger partial charge in [0.05, 0.1) is 11.3 Å². The summed E-state index contributed by atoms with van der Waals surface area (Å²) in [5, 5.41) is 4.01. The molecule has 3 fully saturated rings. The van der Waals surface area contributed by atoms with Crippen LogP contribution in [0.2, 0.25) is 0 Å². The average Bonchev–Trinajstić information content (AvgIpc) is 3.44. The van der Waals surface area contributed by atoms with Gasteiger partial charge in [0.25, 0.3) is 0 Å². The Kier molecular flexibility index (Phi) is 6.73. The van der Waals surface area contributed by atoms with Gasteiger partial charge in [0.15, 0.2) is 5.82 Å². The quantitative estimate of drug-likeness (QED) is 0.443. The summed E-state index contributed by atoms with van der Waals surface area (Å²) in [6.45, 7) is 5.54. The number of pyridine rings is 1. The molecular weight excluding hydrogens is 526 g/mol. The number of nitrogens with zero attached hydrogens (tertiary/aromatic N) is 5. The van der Waals surface area contributed by atoms with E-state index in [1.807, 2.05) is 7.05 Å². The second-order valence-electron chi connectivity index (χ2n) is 11.3. The first-order valence-corrected chi connectivity index (χ1v) is 13.7. The highest BCUT2D eigenvalue weighted by Crippen LogP contribution is 2.43. The third kappa shape index (κ3) is 4.81. The lowest BCUT2D eigenvalue weighted by Gasteiger charge is -2.34. The molecule has 0 aliphatic carbocycles. The maximum absolute atomic E-state index is 16.5. The highest BCUT2D eigenvalue weighted by atomic mass is 19.4. The summed E-state index contributed by atoms with van der Waals surface area (Å²) in [6, 6.07) is 3.58. The molecule has 0 spiro atoms. The maximum Gasteiger partial charge on any atom is 0.418 e. The molecule has 3 N–H and O–H groups in total. The molecule has 0 amide bonds. The van der Waals surface area contributed by atoms with Crippen LogP contribution >= 0.6 is 0 Å². The van der Waals surface area contributed by atoms with Gasteiger partial charge in [0, 0.05) is 42.2 Å². The fraction of sp³-hybridized carbons (Fsp3) is 0.536. The number of benzene rings is 1. The van der Waals surface area contributed by atoms with Crippen LogP contribution in [0.5, 0.6) is 6.01 Å². The zero-order chi connectivity index (χ0) is 28.3. The molecule has 2 aromatic heterocycles. The number of piperazine rings is 1. The van der Waals surface area contributed by atoms with E-state index in [0.29, 0.717) is 43.0 Å². The Hall–Kier alpha value is -3.25. The van der Waals surface area contributed by atoms with E-state index in [9.17, 15) is 13.2 Å². The summed E-state index contributed by atoms with van der Waals surface area (Å²) in [5.74, 6) is -0.495. The number of nitrogens with one attached hydrogen (secondary N) is 1. The zero-order valence-corrected chi connectivity index (χ0v) is 22.8. The highest BCUT2D eigenvalue weighted by molar-refractivity contribution is 5.95. The first kappa shape index (κ1) is 26.9. The fourth-order valence-corrected chi connectivity index (χ4v) is 6.48. The minimum Gasteiger partial charge on any atom is -0.462 e. The molecule has 12 heteroatoms. The van der Waals surface area contributed by atoms with Crippen LogP contribution in [0, 0.1) is 19.7 Å². The monoisotopic (exact) mass is 559 g/mol. The van der Waals surface area contributed by atoms with Crippen LogP contribution in [0.1, 0.15) is 42.4 Å². The van der Waals surface area contributed by atoms with Crippen LogP contribution < -0.4 is 20.7 Å². The predicted molar refractivity (Wildman–Crippen MR) is 145 cm³/mol. The Morgan fingerprint density at radius 1 is 1.05 bits per heavy atom. The average molecular weight is 560 g/mol. The second-order valence-corrected chi connectivity index (χ2v) is 11.3. The lowest BCUT2D eigenvalue weighted by Crippen LogP contribution is -2.51. The second kappa shape index (κ2) is 9.99. The van der Waals surface area contributed by atoms with E-state index in [0.717, 1.165) is 38.3 Å². The molecule has 40 heavy (non-hydrogen) atoms. The number of likely N-dealkylation sites (tertiary alicyclic amines) is 1. The molecule has 214 valence electrons. The van der Waals surface area contributed by atoms with E-state index in [4.69, 9.17) is 15.5 Å². The standard InChI is InChI=1S/C28H33F4N7O/c1-14-9-19-24(23(29)21(14)25-22(28(30,31)32)15(2)10-20(33)35-25)36-27(40-13-18-5-4-8-38(18)3)37-26(19)39-11-16-6-7-17(12-39)34-16/h9-10,16-18,34H,4-8,11-13H2,1-3H3,(H2,33,35)/t16?,17?,18-/m0/s1. The molecule has 5 heterocycles. The van der Waals surface area contributed by atoms with Crippen molar-refractivity contribution in [3.8, 4) is 17.3 Å². The number of fused-ring (bicyclic) bond motifs is 3. The van der Waals surface area contributed by atoms with Crippen LogP contribution in [0.25, 0.3) is 22.2 Å². The van der Waals surface area contributed by atoms with E-state index in [1.54, 1.807) is 13.0 Å². The van der Waals surface area contributed by atoms with Gasteiger partial charge in [0.2, 0.25) is 0 Å². The number of nitrogens with two attached hydrogens (primary N) is 1. The molecule has 8 nitrogen and oxygen atoms in total. The molecule has 3 aromatic rings. The lowest BCUT2D eigenvalue weighted by atomic mass is 9.95. The van der Waals surface area contributed by atoms with E-state index in [2.05, 4.69) is 25.1 Å². The van der Waals surface area contributed by atoms with Gasteiger partial charge in [-0.2, -0.15) is 23.1 Å². The molecule has 3 aliphatic rings. The van der Waals surface area contributed by atoms with Crippen LogP contribution in [0.3, 0.4) is 0 Å². The number of aryl methyl sites for hydroxylation is 2. The van der Waals surface area contributed by atoms with Gasteiger partial charge in [-0.1, -0.05) is 0 Å². The number of hydrogen-bond acceptors (Lipinski definition) is 8. The molecule has 2 bridgehead atoms. The van der Waals surface area contributed by atoms with Crippen molar-refractivity contribution in [2.75, 3.05) is 43.9 Å². The molecule has 2 unspecified atom stereocenters. The van der Waals surface area contributed by atoms with Gasteiger partial charge in [0.1, 0.15) is 23.8 Å². The van der Waals surface area contributed by atoms with Gasteiger partial charge in [-0.25, -0.2) is 9.37 Å². The Morgan fingerprint density at radius 3 is 2.42 bits per heavy atom. The Morgan fingerprint density at radius 2 is 1.77 bits per heavy atom. The third-order valence-corrected chi connectivity index (χ3v) is 8.44. The maximum atomic E-state index is 16.5. The number of nitrogen functional groups attached to an aromatic ring is 1. The number of alkyl halides is 3. The normalized spacial score (nSPS) is 23.4. The summed E-state index contributed by atoms with van der Waals surface area (Å²) in [6.07, 6.45) is -0.647. The molecule has 6 rings (SSSR count). The molecular formula is C28H33F4N7O. The van der Waals surface area contributed by atoms with Crippen molar-refractivity contribution in [1.29, 1.82) is 0 Å². The lowest BCUT2D eigenvalue weighted by molar-refractivity contribution is -0.137. The zero-order valence-electron chi connectivity index (χ0n) is 22.8. The van der Waals surface area contributed by atoms with E-state index >= 15 is 4.39 Å². The predicted octanol–water partition coefficient (Wildman–Crippen LogP) is 4.46. The molecule has 1 aromatic carbocycles. The number of likely N-dealkylation sites (N-methyl/N-ethyl adjacent to an activating group) is 1. The Bertz CT molecular complexity index is 1450. The van der Waals surface area contributed by atoms with Gasteiger partial charge >= 0.3 is 12.2 Å². The number of aromatic nitrogens is 3. The summed E-state index contributed by atoms with van der Waals surface area (Å²) in [7, 11) is 2.03. The third-order valence-electron chi connectivity index (χ3n) is 8.44. The summed E-state index contributed by atoms with van der Waals surface area (Å²) < 4.78 is 65.0. The van der Waals surface area contributed by atoms with Crippen molar-refractivity contribution in [3.63, 3.8) is 0 Å². The molecule has 3 saturated heterocycles. The van der Waals surface area contributed by atoms with Gasteiger partial charge in [-0.05, 0) is 76.4 Å². The number of hydrogen-bond donors (Lipinski definition) is 2. The van der Waals surface area contributed by atoms with Crippen LogP contribution in [0.15, 0.2) is 12.1 Å². The molecule has 0 radical (unpaired) electrons. The first-order chi connectivity index (χ1) is 19.0. The topological polar surface area (TPSA) is 92.4 Å². The molecule has 0 saturated carbocycles. The number of anilines is 2. The first-order valence-electron chi connectivity index (χ1n) is 13.7. The van der Waals surface area contributed by atoms with Crippen molar-refractivity contribution in [2.24, 2.45) is 0 Å². The van der Waals surface area contributed by atoms with Gasteiger partial charge < -0.3 is 25.6 Å². The summed E-state index contributed by atoms with van der Waals surface area (Å²) in [4.78, 5) is 17.5. The van der Waals surface area contributed by atoms with Crippen LogP contribution in [-0.4, -0.2) is 71.3 Å². The minimum absolute atomic E-state index is 0.00939. The smallest absolute Gasteiger partial charge is 0.418 e. The summed E-state index contributed by atoms with van der Waals surface area (Å²) >= 11 is 0. The molecule has 3 aliphatic heterocycles. The van der Waals surface area contributed by atoms with Crippen molar-refractivity contribution >= 4 is 22.5 Å². The number of rotatable bonds is 5. The van der Waals surface area contributed by atoms with Crippen LogP contribution in [0.4, 0.5) is 29.2 Å². The van der Waals surface area contributed by atoms with Crippen LogP contribution in [-0.2, 0) is 6.18 Å². The fourth-order valence-electron chi connectivity index (χ4n) is 6.48. The van der Waals surface area contributed by atoms with E-state index in [-0.39, 0.29) is 40.1 Å². The van der Waals surface area contributed by atoms with Crippen molar-refractivity contribution in [3.05, 3.63) is 34.6 Å². The highest BCUT2D eigenvalue weighted by Gasteiger charge is 2.39. The SMILES string of the molecule is Cc1cc2c(N3CC4CCC(C3)N4)nc(OC[C@@H]3CCCN3C)nc2c(F)c1-c1nc(N)cc(C)c1C(F)(F)F. The van der Waals surface area contributed by atoms with Gasteiger partial charge in [-0.15, -0.1) is 0 Å². The Labute approximate surface area is 229 Å². The van der Waals surface area contributed by atoms with Crippen molar-refractivity contribution in [2.45, 2.75) is 63.8 Å². The van der Waals surface area contributed by atoms with E-state index in [1.165, 1.54) is 6.92 Å². The number of halogens is 4. The van der Waals surface area contributed by atoms with Gasteiger partial charge in [-0.3, -0.25) is 0 Å². The van der Waals surface area contributed by atoms with Crippen molar-refractivity contribution < 1.29 is 22.3 Å². The van der Waals surface area contributed by atoms with E-state index < -0.39 is 23.3 Å². The minimum atomic E-state index is -4.76. The summed E-state index contributed by atoms with van der Waals surface area (Å²) in [5.41, 5.74) is 4.08. The Balaban J connectivity index is 1.52. The van der Waals surface area contributed by atoms with Crippen molar-refractivity contribution in [1.82, 2.24) is 25.2 Å².